The molecule has 0 bridgehead atoms. The Kier molecular flexibility index (Phi) is 9.01. The van der Waals surface area contributed by atoms with E-state index in [2.05, 4.69) is 66.2 Å². The van der Waals surface area contributed by atoms with E-state index in [9.17, 15) is 0 Å². The lowest BCUT2D eigenvalue weighted by molar-refractivity contribution is -0.221. The molecule has 0 amide bonds. The zero-order valence-corrected chi connectivity index (χ0v) is 26.3. The van der Waals surface area contributed by atoms with Crippen molar-refractivity contribution in [2.75, 3.05) is 39.1 Å². The lowest BCUT2D eigenvalue weighted by Gasteiger charge is -2.64. The Labute approximate surface area is 249 Å². The molecular weight excluding hydrogens is 568 g/mol. The lowest BCUT2D eigenvalue weighted by atomic mass is 9.41. The first kappa shape index (κ1) is 29.2. The van der Waals surface area contributed by atoms with Crippen LogP contribution in [0.15, 0.2) is 36.4 Å². The molecule has 5 nitrogen and oxygen atoms in total. The van der Waals surface area contributed by atoms with Crippen molar-refractivity contribution in [3.8, 4) is 5.75 Å². The van der Waals surface area contributed by atoms with Crippen LogP contribution in [0, 0.1) is 34.5 Å². The summed E-state index contributed by atoms with van der Waals surface area (Å²) in [6.07, 6.45) is 14.7. The highest BCUT2D eigenvalue weighted by molar-refractivity contribution is 9.09. The van der Waals surface area contributed by atoms with Crippen LogP contribution in [-0.2, 0) is 18.9 Å². The highest BCUT2D eigenvalue weighted by Crippen LogP contribution is 2.70. The fourth-order valence-electron chi connectivity index (χ4n) is 10.1. The summed E-state index contributed by atoms with van der Waals surface area (Å²) in [5.41, 5.74) is 1.90. The van der Waals surface area contributed by atoms with Gasteiger partial charge < -0.3 is 23.7 Å². The van der Waals surface area contributed by atoms with Crippen molar-refractivity contribution in [1.29, 1.82) is 0 Å². The molecule has 5 aliphatic rings. The average molecular weight is 618 g/mol. The van der Waals surface area contributed by atoms with E-state index in [4.69, 9.17) is 23.7 Å². The molecule has 2 unspecified atom stereocenters. The number of fused-ring (bicyclic) bond motifs is 6. The topological polar surface area (TPSA) is 46.2 Å². The predicted octanol–water partition coefficient (Wildman–Crippen LogP) is 7.53. The highest BCUT2D eigenvalue weighted by Gasteiger charge is 2.64. The first-order chi connectivity index (χ1) is 19.5. The normalized spacial score (nSPS) is 42.6. The van der Waals surface area contributed by atoms with E-state index in [0.717, 1.165) is 55.9 Å². The Morgan fingerprint density at radius 2 is 1.75 bits per heavy atom. The molecule has 4 aliphatic carbocycles. The molecule has 1 aromatic rings. The molecule has 40 heavy (non-hydrogen) atoms. The Hall–Kier alpha value is -0.920. The number of ether oxygens (including phenoxy) is 5. The minimum Gasteiger partial charge on any atom is -0.490 e. The van der Waals surface area contributed by atoms with Crippen LogP contribution in [0.5, 0.6) is 5.75 Å². The van der Waals surface area contributed by atoms with Crippen LogP contribution in [0.4, 0.5) is 0 Å². The van der Waals surface area contributed by atoms with Gasteiger partial charge in [-0.05, 0) is 109 Å². The van der Waals surface area contributed by atoms with E-state index in [1.54, 1.807) is 7.11 Å². The molecule has 1 aromatic carbocycles. The molecule has 10 atom stereocenters. The van der Waals surface area contributed by atoms with Gasteiger partial charge in [0.2, 0.25) is 0 Å². The Morgan fingerprint density at radius 1 is 0.950 bits per heavy atom. The molecule has 6 rings (SSSR count). The molecule has 1 saturated heterocycles. The summed E-state index contributed by atoms with van der Waals surface area (Å²) >= 11 is 3.48. The van der Waals surface area contributed by atoms with Gasteiger partial charge in [-0.1, -0.05) is 54.1 Å². The zero-order chi connectivity index (χ0) is 27.7. The summed E-state index contributed by atoms with van der Waals surface area (Å²) in [6.45, 7) is 7.66. The van der Waals surface area contributed by atoms with Gasteiger partial charge in [-0.2, -0.15) is 0 Å². The minimum absolute atomic E-state index is 0.171. The molecule has 6 heteroatoms. The number of allylic oxidation sites excluding steroid dienone is 1. The van der Waals surface area contributed by atoms with Gasteiger partial charge in [0.1, 0.15) is 19.1 Å². The summed E-state index contributed by atoms with van der Waals surface area (Å²) in [4.78, 5) is 0. The van der Waals surface area contributed by atoms with Crippen molar-refractivity contribution in [2.24, 2.45) is 34.5 Å². The summed E-state index contributed by atoms with van der Waals surface area (Å²) in [6, 6.07) is 9.12. The van der Waals surface area contributed by atoms with Gasteiger partial charge >= 0.3 is 0 Å². The van der Waals surface area contributed by atoms with E-state index in [1.807, 2.05) is 0 Å². The van der Waals surface area contributed by atoms with Crippen molar-refractivity contribution in [2.45, 2.75) is 89.4 Å². The third kappa shape index (κ3) is 5.34. The van der Waals surface area contributed by atoms with Crippen LogP contribution < -0.4 is 4.74 Å². The Morgan fingerprint density at radius 3 is 2.52 bits per heavy atom. The monoisotopic (exact) mass is 616 g/mol. The third-order valence-corrected chi connectivity index (χ3v) is 12.2. The number of hydrogen-bond acceptors (Lipinski definition) is 5. The largest absolute Gasteiger partial charge is 0.490 e. The number of halogens is 1. The van der Waals surface area contributed by atoms with Crippen LogP contribution >= 0.6 is 15.9 Å². The first-order valence-corrected chi connectivity index (χ1v) is 16.9. The van der Waals surface area contributed by atoms with Gasteiger partial charge in [-0.15, -0.1) is 0 Å². The number of hydrogen-bond donors (Lipinski definition) is 0. The van der Waals surface area contributed by atoms with Crippen LogP contribution in [0.3, 0.4) is 0 Å². The molecule has 0 aromatic heterocycles. The number of methoxy groups -OCH3 is 1. The highest BCUT2D eigenvalue weighted by atomic mass is 79.9. The van der Waals surface area contributed by atoms with Crippen LogP contribution in [0.25, 0.3) is 0 Å². The maximum Gasteiger partial charge on any atom is 0.146 e. The van der Waals surface area contributed by atoms with Gasteiger partial charge in [0, 0.05) is 12.4 Å². The summed E-state index contributed by atoms with van der Waals surface area (Å²) < 4.78 is 30.5. The van der Waals surface area contributed by atoms with Crippen molar-refractivity contribution in [3.63, 3.8) is 0 Å². The van der Waals surface area contributed by atoms with E-state index in [-0.39, 0.29) is 29.1 Å². The predicted molar refractivity (Wildman–Crippen MR) is 161 cm³/mol. The molecule has 0 spiro atoms. The fraction of sp³-hybridized carbons (Fsp3) is 0.765. The van der Waals surface area contributed by atoms with Crippen molar-refractivity contribution in [1.82, 2.24) is 0 Å². The number of benzene rings is 1. The molecular formula is C34H49BrO5. The van der Waals surface area contributed by atoms with E-state index >= 15 is 0 Å². The van der Waals surface area contributed by atoms with E-state index in [1.165, 1.54) is 31.2 Å². The van der Waals surface area contributed by atoms with Gasteiger partial charge in [0.25, 0.3) is 0 Å². The summed E-state index contributed by atoms with van der Waals surface area (Å²) in [7, 11) is 1.74. The van der Waals surface area contributed by atoms with E-state index < -0.39 is 0 Å². The van der Waals surface area contributed by atoms with Gasteiger partial charge in [0.05, 0.1) is 31.5 Å². The van der Waals surface area contributed by atoms with Crippen LogP contribution in [0.2, 0.25) is 0 Å². The maximum atomic E-state index is 6.39. The summed E-state index contributed by atoms with van der Waals surface area (Å²) in [5, 5.41) is 0.985. The van der Waals surface area contributed by atoms with Crippen molar-refractivity contribution >= 4 is 15.9 Å². The van der Waals surface area contributed by atoms with Crippen molar-refractivity contribution < 1.29 is 23.7 Å². The second-order valence-corrected chi connectivity index (χ2v) is 14.4. The zero-order valence-electron chi connectivity index (χ0n) is 24.7. The number of alkyl halides is 1. The van der Waals surface area contributed by atoms with E-state index in [0.29, 0.717) is 37.1 Å². The Balaban J connectivity index is 1.31. The second kappa shape index (κ2) is 12.4. The van der Waals surface area contributed by atoms with Crippen LogP contribution in [0.1, 0.15) is 76.7 Å². The molecule has 0 N–H and O–H groups in total. The lowest BCUT2D eigenvalue weighted by Crippen LogP contribution is -2.60. The number of rotatable bonds is 9. The van der Waals surface area contributed by atoms with Crippen LogP contribution in [-0.4, -0.2) is 57.4 Å². The molecule has 5 fully saturated rings. The van der Waals surface area contributed by atoms with Gasteiger partial charge in [-0.25, -0.2) is 0 Å². The quantitative estimate of drug-likeness (QED) is 0.163. The van der Waals surface area contributed by atoms with Gasteiger partial charge in [-0.3, -0.25) is 0 Å². The first-order valence-electron chi connectivity index (χ1n) is 15.8. The van der Waals surface area contributed by atoms with Crippen molar-refractivity contribution in [3.05, 3.63) is 42.0 Å². The fourth-order valence-corrected chi connectivity index (χ4v) is 10.3. The SMILES string of the molecule is COCO[C@H]1CC[C@H]2[C@@H]3CC[C@H]4CC5OCCOC5C[C@]4(C)[C@H]3[C@@H](c3ccc(OCC=CCCBr)cc3)C[C@]12C. The Bertz CT molecular complexity index is 1010. The molecule has 1 heterocycles. The standard InChI is InChI=1S/C34H49BrO5/c1-33-21-30-29(38-17-18-39-30)19-24(33)9-12-26-28-13-14-31(40-22-36-3)34(28,2)20-27(32(26)33)23-7-10-25(11-8-23)37-16-6-4-5-15-35/h4,6-8,10-11,24,26-32H,5,9,12-22H2,1-3H3/t24-,26-,27+,28-,29?,30?,31-,32+,33-,34-/m0/s1. The summed E-state index contributed by atoms with van der Waals surface area (Å²) in [5.74, 6) is 4.24. The average Bonchev–Trinajstić information content (AvgIpc) is 3.30. The third-order valence-electron chi connectivity index (χ3n) is 11.7. The molecule has 0 radical (unpaired) electrons. The molecule has 222 valence electrons. The maximum absolute atomic E-state index is 6.39. The molecule has 1 aliphatic heterocycles. The van der Waals surface area contributed by atoms with Gasteiger partial charge in [0.15, 0.2) is 0 Å². The second-order valence-electron chi connectivity index (χ2n) is 13.6. The molecule has 4 saturated carbocycles. The smallest absolute Gasteiger partial charge is 0.146 e. The minimum atomic E-state index is 0.171.